The van der Waals surface area contributed by atoms with Crippen molar-refractivity contribution in [1.82, 2.24) is 10.3 Å². The van der Waals surface area contributed by atoms with E-state index in [-0.39, 0.29) is 17.7 Å². The summed E-state index contributed by atoms with van der Waals surface area (Å²) in [7, 11) is 0. The third-order valence-electron chi connectivity index (χ3n) is 3.73. The first kappa shape index (κ1) is 18.1. The van der Waals surface area contributed by atoms with Gasteiger partial charge in [0.1, 0.15) is 6.04 Å². The lowest BCUT2D eigenvalue weighted by molar-refractivity contribution is -0.138. The van der Waals surface area contributed by atoms with Crippen molar-refractivity contribution in [2.24, 2.45) is 4.99 Å². The molecular weight excluding hydrogens is 367 g/mol. The largest absolute Gasteiger partial charge is 0.463 e. The Morgan fingerprint density at radius 1 is 1.31 bits per heavy atom. The quantitative estimate of drug-likeness (QED) is 0.651. The van der Waals surface area contributed by atoms with Crippen LogP contribution in [0, 0.1) is 17.5 Å². The third kappa shape index (κ3) is 3.22. The minimum atomic E-state index is -1.62. The van der Waals surface area contributed by atoms with Gasteiger partial charge in [0.25, 0.3) is 0 Å². The lowest BCUT2D eigenvalue weighted by Crippen LogP contribution is -2.33. The van der Waals surface area contributed by atoms with Crippen LogP contribution < -0.4 is 5.32 Å². The maximum absolute atomic E-state index is 14.4. The number of hydrogen-bond acceptors (Lipinski definition) is 6. The number of aliphatic imine (C=N–C) groups is 1. The van der Waals surface area contributed by atoms with Crippen LogP contribution in [0.25, 0.3) is 0 Å². The van der Waals surface area contributed by atoms with Gasteiger partial charge < -0.3 is 10.1 Å². The van der Waals surface area contributed by atoms with Gasteiger partial charge in [-0.25, -0.2) is 22.9 Å². The first-order valence-corrected chi connectivity index (χ1v) is 8.58. The van der Waals surface area contributed by atoms with Gasteiger partial charge in [0, 0.05) is 22.8 Å². The first-order chi connectivity index (χ1) is 12.4. The van der Waals surface area contributed by atoms with Gasteiger partial charge in [0.05, 0.1) is 12.2 Å². The average Bonchev–Trinajstić information content (AvgIpc) is 3.14. The molecule has 1 aliphatic heterocycles. The molecule has 0 bridgehead atoms. The number of rotatable bonds is 4. The number of allylic oxidation sites excluding steroid dienone is 1. The molecule has 1 atom stereocenters. The maximum atomic E-state index is 14.4. The summed E-state index contributed by atoms with van der Waals surface area (Å²) in [5.41, 5.74) is 0.136. The Hall–Kier alpha value is -2.68. The van der Waals surface area contributed by atoms with Crippen molar-refractivity contribution in [2.75, 3.05) is 6.61 Å². The Labute approximate surface area is 151 Å². The molecule has 0 saturated heterocycles. The average molecular weight is 381 g/mol. The Balaban J connectivity index is 2.15. The van der Waals surface area contributed by atoms with Gasteiger partial charge in [-0.15, -0.1) is 11.3 Å². The van der Waals surface area contributed by atoms with E-state index >= 15 is 0 Å². The number of aromatic nitrogens is 1. The highest BCUT2D eigenvalue weighted by molar-refractivity contribution is 7.11. The summed E-state index contributed by atoms with van der Waals surface area (Å²) >= 11 is 1.29. The highest BCUT2D eigenvalue weighted by Gasteiger charge is 2.34. The van der Waals surface area contributed by atoms with E-state index in [0.29, 0.717) is 16.5 Å². The number of nitrogens with one attached hydrogen (secondary N) is 1. The Morgan fingerprint density at radius 3 is 2.73 bits per heavy atom. The second kappa shape index (κ2) is 7.28. The van der Waals surface area contributed by atoms with Crippen LogP contribution in [0.2, 0.25) is 0 Å². The van der Waals surface area contributed by atoms with Crippen LogP contribution in [0.1, 0.15) is 30.5 Å². The van der Waals surface area contributed by atoms with Crippen molar-refractivity contribution < 1.29 is 22.7 Å². The Morgan fingerprint density at radius 2 is 2.08 bits per heavy atom. The second-order valence-corrected chi connectivity index (χ2v) is 6.26. The molecule has 1 aromatic carbocycles. The number of thiazole rings is 1. The van der Waals surface area contributed by atoms with Crippen LogP contribution >= 0.6 is 11.3 Å². The van der Waals surface area contributed by atoms with Crippen LogP contribution in [-0.2, 0) is 9.53 Å². The van der Waals surface area contributed by atoms with Crippen molar-refractivity contribution in [1.29, 1.82) is 0 Å². The van der Waals surface area contributed by atoms with Crippen molar-refractivity contribution in [3.05, 3.63) is 63.0 Å². The predicted molar refractivity (Wildman–Crippen MR) is 90.2 cm³/mol. The van der Waals surface area contributed by atoms with E-state index in [4.69, 9.17) is 4.74 Å². The zero-order chi connectivity index (χ0) is 18.8. The van der Waals surface area contributed by atoms with Gasteiger partial charge in [-0.1, -0.05) is 6.07 Å². The van der Waals surface area contributed by atoms with Crippen molar-refractivity contribution >= 4 is 23.1 Å². The molecule has 2 heterocycles. The second-order valence-electron chi connectivity index (χ2n) is 5.37. The van der Waals surface area contributed by atoms with E-state index in [1.54, 1.807) is 25.4 Å². The molecule has 9 heteroatoms. The molecule has 2 aromatic rings. The third-order valence-corrected chi connectivity index (χ3v) is 4.51. The number of amidine groups is 1. The number of carbonyl (C=O) groups is 1. The number of ether oxygens (including phenoxy) is 1. The SMILES string of the molecule is CCOC(=O)C1=C(C)NC(c2nccs2)=NC1c1ccc(F)c(F)c1F. The molecule has 3 rings (SSSR count). The number of halogens is 3. The van der Waals surface area contributed by atoms with E-state index in [1.807, 2.05) is 0 Å². The number of hydrogen-bond donors (Lipinski definition) is 1. The van der Waals surface area contributed by atoms with Crippen LogP contribution in [-0.4, -0.2) is 23.4 Å². The van der Waals surface area contributed by atoms with Crippen LogP contribution in [0.3, 0.4) is 0 Å². The zero-order valence-corrected chi connectivity index (χ0v) is 14.7. The normalized spacial score (nSPS) is 17.0. The molecule has 0 spiro atoms. The fourth-order valence-electron chi connectivity index (χ4n) is 2.58. The lowest BCUT2D eigenvalue weighted by atomic mass is 9.95. The van der Waals surface area contributed by atoms with Gasteiger partial charge in [-0.3, -0.25) is 4.99 Å². The van der Waals surface area contributed by atoms with Crippen LogP contribution in [0.5, 0.6) is 0 Å². The molecule has 0 amide bonds. The maximum Gasteiger partial charge on any atom is 0.338 e. The molecule has 0 fully saturated rings. The summed E-state index contributed by atoms with van der Waals surface area (Å²) < 4.78 is 46.4. The van der Waals surface area contributed by atoms with Crippen LogP contribution in [0.15, 0.2) is 40.0 Å². The van der Waals surface area contributed by atoms with Gasteiger partial charge in [0.2, 0.25) is 0 Å². The fraction of sp³-hybridized carbons (Fsp3) is 0.235. The molecule has 26 heavy (non-hydrogen) atoms. The summed E-state index contributed by atoms with van der Waals surface area (Å²) in [6, 6.07) is 0.676. The Bertz CT molecular complexity index is 910. The van der Waals surface area contributed by atoms with Crippen molar-refractivity contribution in [3.63, 3.8) is 0 Å². The molecule has 0 radical (unpaired) electrons. The van der Waals surface area contributed by atoms with E-state index in [2.05, 4.69) is 15.3 Å². The van der Waals surface area contributed by atoms with Gasteiger partial charge in [-0.05, 0) is 19.9 Å². The number of carbonyl (C=O) groups excluding carboxylic acids is 1. The lowest BCUT2D eigenvalue weighted by Gasteiger charge is -2.25. The van der Waals surface area contributed by atoms with Gasteiger partial charge in [0.15, 0.2) is 28.3 Å². The summed E-state index contributed by atoms with van der Waals surface area (Å²) in [6.07, 6.45) is 1.57. The minimum absolute atomic E-state index is 0.0251. The number of esters is 1. The predicted octanol–water partition coefficient (Wildman–Crippen LogP) is 3.49. The summed E-state index contributed by atoms with van der Waals surface area (Å²) in [5.74, 6) is -4.74. The Kier molecular flexibility index (Phi) is 5.08. The topological polar surface area (TPSA) is 63.6 Å². The fourth-order valence-corrected chi connectivity index (χ4v) is 3.16. The number of nitrogens with zero attached hydrogens (tertiary/aromatic N) is 2. The monoisotopic (exact) mass is 381 g/mol. The molecule has 1 aromatic heterocycles. The van der Waals surface area contributed by atoms with Gasteiger partial charge >= 0.3 is 5.97 Å². The summed E-state index contributed by atoms with van der Waals surface area (Å²) in [6.45, 7) is 3.33. The highest BCUT2D eigenvalue weighted by Crippen LogP contribution is 2.35. The molecule has 1 unspecified atom stereocenters. The molecule has 1 aliphatic rings. The number of benzene rings is 1. The van der Waals surface area contributed by atoms with E-state index < -0.39 is 29.5 Å². The standard InChI is InChI=1S/C17H14F3N3O2S/c1-3-25-17(24)11-8(2)22-15(16-21-6-7-26-16)23-14(11)9-4-5-10(18)13(20)12(9)19/h4-7,14H,3H2,1-2H3,(H,22,23). The minimum Gasteiger partial charge on any atom is -0.463 e. The van der Waals surface area contributed by atoms with Crippen molar-refractivity contribution in [2.45, 2.75) is 19.9 Å². The van der Waals surface area contributed by atoms with Crippen molar-refractivity contribution in [3.8, 4) is 0 Å². The molecule has 0 saturated carbocycles. The van der Waals surface area contributed by atoms with E-state index in [0.717, 1.165) is 12.1 Å². The smallest absolute Gasteiger partial charge is 0.338 e. The van der Waals surface area contributed by atoms with Gasteiger partial charge in [-0.2, -0.15) is 0 Å². The summed E-state index contributed by atoms with van der Waals surface area (Å²) in [4.78, 5) is 20.8. The molecule has 1 N–H and O–H groups in total. The molecule has 136 valence electrons. The zero-order valence-electron chi connectivity index (χ0n) is 13.8. The first-order valence-electron chi connectivity index (χ1n) is 7.70. The highest BCUT2D eigenvalue weighted by atomic mass is 32.1. The van der Waals surface area contributed by atoms with Crippen LogP contribution in [0.4, 0.5) is 13.2 Å². The molecular formula is C17H14F3N3O2S. The van der Waals surface area contributed by atoms with E-state index in [9.17, 15) is 18.0 Å². The molecule has 0 aliphatic carbocycles. The molecule has 5 nitrogen and oxygen atoms in total. The summed E-state index contributed by atoms with van der Waals surface area (Å²) in [5, 5.41) is 5.18. The van der Waals surface area contributed by atoms with E-state index in [1.165, 1.54) is 11.3 Å².